The fraction of sp³-hybridized carbons (Fsp3) is 0.316. The number of aldehydes is 1. The third-order valence-corrected chi connectivity index (χ3v) is 4.25. The van der Waals surface area contributed by atoms with Gasteiger partial charge in [0, 0.05) is 32.7 Å². The Labute approximate surface area is 132 Å². The zero-order valence-electron chi connectivity index (χ0n) is 12.8. The molecule has 0 N–H and O–H groups in total. The molecule has 2 aromatic carbocycles. The van der Waals surface area contributed by atoms with Crippen molar-refractivity contribution in [3.63, 3.8) is 0 Å². The van der Waals surface area contributed by atoms with E-state index in [1.165, 1.54) is 11.1 Å². The van der Waals surface area contributed by atoms with Crippen LogP contribution in [0.1, 0.15) is 11.1 Å². The average molecular weight is 294 g/mol. The van der Waals surface area contributed by atoms with Crippen LogP contribution in [0.15, 0.2) is 60.7 Å². The van der Waals surface area contributed by atoms with E-state index in [2.05, 4.69) is 58.3 Å². The fourth-order valence-electron chi connectivity index (χ4n) is 3.04. The molecule has 3 heteroatoms. The Morgan fingerprint density at radius 2 is 1.45 bits per heavy atom. The van der Waals surface area contributed by atoms with Crippen molar-refractivity contribution in [1.82, 2.24) is 9.80 Å². The van der Waals surface area contributed by atoms with E-state index in [0.717, 1.165) is 39.0 Å². The van der Waals surface area contributed by atoms with Crippen molar-refractivity contribution >= 4 is 6.29 Å². The molecule has 2 aromatic rings. The second-order valence-corrected chi connectivity index (χ2v) is 5.88. The highest BCUT2D eigenvalue weighted by Crippen LogP contribution is 2.15. The minimum Gasteiger partial charge on any atom is -0.302 e. The van der Waals surface area contributed by atoms with Crippen molar-refractivity contribution in [3.8, 4) is 0 Å². The lowest BCUT2D eigenvalue weighted by atomic mass is 10.1. The summed E-state index contributed by atoms with van der Waals surface area (Å²) in [6.45, 7) is 4.52. The molecule has 3 nitrogen and oxygen atoms in total. The van der Waals surface area contributed by atoms with Crippen LogP contribution in [0.4, 0.5) is 0 Å². The van der Waals surface area contributed by atoms with E-state index in [0.29, 0.717) is 0 Å². The number of hydrogen-bond donors (Lipinski definition) is 0. The molecule has 3 rings (SSSR count). The molecular formula is C19H22N2O. The molecular weight excluding hydrogens is 272 g/mol. The predicted octanol–water partition coefficient (Wildman–Crippen LogP) is 2.57. The Morgan fingerprint density at radius 3 is 2.05 bits per heavy atom. The number of nitrogens with zero attached hydrogens (tertiary/aromatic N) is 2. The third-order valence-electron chi connectivity index (χ3n) is 4.25. The first kappa shape index (κ1) is 14.9. The highest BCUT2D eigenvalue weighted by Gasteiger charge is 2.26. The lowest BCUT2D eigenvalue weighted by Gasteiger charge is -2.39. The van der Waals surface area contributed by atoms with E-state index in [-0.39, 0.29) is 6.04 Å². The number of hydrogen-bond acceptors (Lipinski definition) is 3. The van der Waals surface area contributed by atoms with Gasteiger partial charge < -0.3 is 4.79 Å². The zero-order valence-corrected chi connectivity index (χ0v) is 12.8. The summed E-state index contributed by atoms with van der Waals surface area (Å²) in [6, 6.07) is 20.8. The van der Waals surface area contributed by atoms with Crippen LogP contribution in [0.2, 0.25) is 0 Å². The van der Waals surface area contributed by atoms with Crippen molar-refractivity contribution < 1.29 is 4.79 Å². The molecule has 1 aliphatic heterocycles. The SMILES string of the molecule is O=C[C@H]1CN(Cc2ccccc2)CCN1Cc1ccccc1. The topological polar surface area (TPSA) is 23.6 Å². The van der Waals surface area contributed by atoms with Crippen LogP contribution in [0.5, 0.6) is 0 Å². The van der Waals surface area contributed by atoms with Crippen molar-refractivity contribution in [3.05, 3.63) is 71.8 Å². The van der Waals surface area contributed by atoms with Gasteiger partial charge in [-0.05, 0) is 11.1 Å². The summed E-state index contributed by atoms with van der Waals surface area (Å²) < 4.78 is 0. The molecule has 22 heavy (non-hydrogen) atoms. The maximum atomic E-state index is 11.5. The van der Waals surface area contributed by atoms with Gasteiger partial charge in [-0.25, -0.2) is 0 Å². The third kappa shape index (κ3) is 3.81. The highest BCUT2D eigenvalue weighted by molar-refractivity contribution is 5.58. The first-order chi connectivity index (χ1) is 10.8. The summed E-state index contributed by atoms with van der Waals surface area (Å²) in [6.07, 6.45) is 1.10. The van der Waals surface area contributed by atoms with Crippen LogP contribution in [-0.4, -0.2) is 41.8 Å². The van der Waals surface area contributed by atoms with Gasteiger partial charge in [0.2, 0.25) is 0 Å². The molecule has 1 atom stereocenters. The number of carbonyl (C=O) groups excluding carboxylic acids is 1. The van der Waals surface area contributed by atoms with Gasteiger partial charge in [-0.15, -0.1) is 0 Å². The molecule has 0 bridgehead atoms. The van der Waals surface area contributed by atoms with Crippen LogP contribution in [-0.2, 0) is 17.9 Å². The number of benzene rings is 2. The summed E-state index contributed by atoms with van der Waals surface area (Å²) >= 11 is 0. The Balaban J connectivity index is 1.60. The number of piperazine rings is 1. The maximum Gasteiger partial charge on any atom is 0.138 e. The van der Waals surface area contributed by atoms with E-state index < -0.39 is 0 Å². The smallest absolute Gasteiger partial charge is 0.138 e. The van der Waals surface area contributed by atoms with E-state index in [1.54, 1.807) is 0 Å². The second kappa shape index (κ2) is 7.34. The zero-order chi connectivity index (χ0) is 15.2. The molecule has 1 saturated heterocycles. The van der Waals surface area contributed by atoms with Gasteiger partial charge in [-0.3, -0.25) is 9.80 Å². The Bertz CT molecular complexity index is 585. The fourth-order valence-corrected chi connectivity index (χ4v) is 3.04. The van der Waals surface area contributed by atoms with E-state index in [9.17, 15) is 4.79 Å². The summed E-state index contributed by atoms with van der Waals surface area (Å²) in [7, 11) is 0. The molecule has 1 aliphatic rings. The van der Waals surface area contributed by atoms with Crippen molar-refractivity contribution in [2.24, 2.45) is 0 Å². The molecule has 0 amide bonds. The van der Waals surface area contributed by atoms with Crippen LogP contribution in [0.3, 0.4) is 0 Å². The van der Waals surface area contributed by atoms with Gasteiger partial charge in [0.25, 0.3) is 0 Å². The molecule has 1 fully saturated rings. The van der Waals surface area contributed by atoms with Gasteiger partial charge in [-0.2, -0.15) is 0 Å². The lowest BCUT2D eigenvalue weighted by molar-refractivity contribution is -0.115. The number of carbonyl (C=O) groups is 1. The van der Waals surface area contributed by atoms with Gasteiger partial charge in [0.05, 0.1) is 6.04 Å². The van der Waals surface area contributed by atoms with Crippen molar-refractivity contribution in [2.75, 3.05) is 19.6 Å². The molecule has 0 radical (unpaired) electrons. The minimum atomic E-state index is -0.0160. The molecule has 0 unspecified atom stereocenters. The van der Waals surface area contributed by atoms with E-state index >= 15 is 0 Å². The number of rotatable bonds is 5. The van der Waals surface area contributed by atoms with Crippen molar-refractivity contribution in [1.29, 1.82) is 0 Å². The first-order valence-corrected chi connectivity index (χ1v) is 7.85. The Hall–Kier alpha value is -1.97. The van der Waals surface area contributed by atoms with Crippen LogP contribution < -0.4 is 0 Å². The minimum absolute atomic E-state index is 0.0160. The highest BCUT2D eigenvalue weighted by atomic mass is 16.1. The monoisotopic (exact) mass is 294 g/mol. The quantitative estimate of drug-likeness (QED) is 0.792. The maximum absolute atomic E-state index is 11.5. The standard InChI is InChI=1S/C19H22N2O/c22-16-19-15-20(13-17-7-3-1-4-8-17)11-12-21(19)14-18-9-5-2-6-10-18/h1-10,16,19H,11-15H2/t19-/m1/s1. The van der Waals surface area contributed by atoms with E-state index in [1.807, 2.05) is 12.1 Å². The average Bonchev–Trinajstić information content (AvgIpc) is 2.58. The molecule has 114 valence electrons. The van der Waals surface area contributed by atoms with Crippen LogP contribution in [0.25, 0.3) is 0 Å². The molecule has 0 aromatic heterocycles. The van der Waals surface area contributed by atoms with Crippen LogP contribution in [0, 0.1) is 0 Å². The summed E-state index contributed by atoms with van der Waals surface area (Å²) in [4.78, 5) is 16.1. The van der Waals surface area contributed by atoms with Gasteiger partial charge in [0.15, 0.2) is 0 Å². The Kier molecular flexibility index (Phi) is 4.99. The summed E-state index contributed by atoms with van der Waals surface area (Å²) in [5.74, 6) is 0. The first-order valence-electron chi connectivity index (χ1n) is 7.85. The van der Waals surface area contributed by atoms with Crippen molar-refractivity contribution in [2.45, 2.75) is 19.1 Å². The molecule has 0 saturated carbocycles. The molecule has 0 aliphatic carbocycles. The lowest BCUT2D eigenvalue weighted by Crippen LogP contribution is -2.53. The predicted molar refractivity (Wildman–Crippen MR) is 88.4 cm³/mol. The van der Waals surface area contributed by atoms with Gasteiger partial charge in [0.1, 0.15) is 6.29 Å². The van der Waals surface area contributed by atoms with E-state index in [4.69, 9.17) is 0 Å². The Morgan fingerprint density at radius 1 is 0.864 bits per heavy atom. The second-order valence-electron chi connectivity index (χ2n) is 5.88. The van der Waals surface area contributed by atoms with Gasteiger partial charge >= 0.3 is 0 Å². The normalized spacial score (nSPS) is 19.9. The summed E-state index contributed by atoms with van der Waals surface area (Å²) in [5.41, 5.74) is 2.58. The largest absolute Gasteiger partial charge is 0.302 e. The summed E-state index contributed by atoms with van der Waals surface area (Å²) in [5, 5.41) is 0. The molecule has 1 heterocycles. The van der Waals surface area contributed by atoms with Crippen LogP contribution >= 0.6 is 0 Å². The molecule has 0 spiro atoms. The van der Waals surface area contributed by atoms with Gasteiger partial charge in [-0.1, -0.05) is 60.7 Å².